The maximum Gasteiger partial charge on any atom is 0.236 e. The van der Waals surface area contributed by atoms with E-state index in [0.717, 1.165) is 5.92 Å². The summed E-state index contributed by atoms with van der Waals surface area (Å²) in [6, 6.07) is 0.465. The van der Waals surface area contributed by atoms with Gasteiger partial charge in [0.25, 0.3) is 0 Å². The monoisotopic (exact) mass is 228 g/mol. The fourth-order valence-electron chi connectivity index (χ4n) is 1.97. The van der Waals surface area contributed by atoms with Gasteiger partial charge in [-0.1, -0.05) is 13.3 Å². The summed E-state index contributed by atoms with van der Waals surface area (Å²) in [5, 5.41) is 6.20. The molecule has 94 valence electrons. The predicted molar refractivity (Wildman–Crippen MR) is 64.3 cm³/mol. The van der Waals surface area contributed by atoms with Crippen molar-refractivity contribution in [2.45, 2.75) is 45.2 Å². The molecule has 1 fully saturated rings. The summed E-state index contributed by atoms with van der Waals surface area (Å²) in [5.41, 5.74) is 0. The fraction of sp³-hybridized carbons (Fsp3) is 0.917. The van der Waals surface area contributed by atoms with E-state index in [0.29, 0.717) is 19.2 Å². The van der Waals surface area contributed by atoms with E-state index in [1.165, 1.54) is 19.3 Å². The second-order valence-electron chi connectivity index (χ2n) is 4.56. The molecule has 0 radical (unpaired) electrons. The van der Waals surface area contributed by atoms with Crippen molar-refractivity contribution >= 4 is 5.91 Å². The van der Waals surface area contributed by atoms with Gasteiger partial charge in [-0.05, 0) is 25.7 Å². The Bertz CT molecular complexity index is 221. The molecule has 0 aromatic carbocycles. The van der Waals surface area contributed by atoms with E-state index < -0.39 is 0 Å². The molecule has 0 heterocycles. The highest BCUT2D eigenvalue weighted by Crippen LogP contribution is 2.34. The third kappa shape index (κ3) is 4.49. The zero-order valence-corrected chi connectivity index (χ0v) is 10.6. The molecule has 0 bridgehead atoms. The van der Waals surface area contributed by atoms with Gasteiger partial charge < -0.3 is 15.4 Å². The molecular weight excluding hydrogens is 204 g/mol. The SMILES string of the molecule is CCCC1CC1NC(C)C(=O)NCCOC. The van der Waals surface area contributed by atoms with Crippen LogP contribution in [0.1, 0.15) is 33.1 Å². The average molecular weight is 228 g/mol. The molecule has 1 rings (SSSR count). The number of nitrogens with one attached hydrogen (secondary N) is 2. The van der Waals surface area contributed by atoms with Gasteiger partial charge in [-0.3, -0.25) is 4.79 Å². The summed E-state index contributed by atoms with van der Waals surface area (Å²) in [5.74, 6) is 0.860. The number of amides is 1. The topological polar surface area (TPSA) is 50.4 Å². The molecule has 0 spiro atoms. The van der Waals surface area contributed by atoms with Crippen LogP contribution in [0.5, 0.6) is 0 Å². The lowest BCUT2D eigenvalue weighted by atomic mass is 10.2. The van der Waals surface area contributed by atoms with Crippen molar-refractivity contribution < 1.29 is 9.53 Å². The maximum atomic E-state index is 11.6. The summed E-state index contributed by atoms with van der Waals surface area (Å²) < 4.78 is 4.88. The van der Waals surface area contributed by atoms with Crippen molar-refractivity contribution in [2.24, 2.45) is 5.92 Å². The fourth-order valence-corrected chi connectivity index (χ4v) is 1.97. The molecule has 3 atom stereocenters. The van der Waals surface area contributed by atoms with Gasteiger partial charge in [0.2, 0.25) is 5.91 Å². The Morgan fingerprint density at radius 1 is 1.56 bits per heavy atom. The minimum absolute atomic E-state index is 0.0687. The highest BCUT2D eigenvalue weighted by molar-refractivity contribution is 5.81. The van der Waals surface area contributed by atoms with Gasteiger partial charge in [0.05, 0.1) is 12.6 Å². The first-order chi connectivity index (χ1) is 7.69. The van der Waals surface area contributed by atoms with Crippen LogP contribution in [-0.2, 0) is 9.53 Å². The van der Waals surface area contributed by atoms with Gasteiger partial charge >= 0.3 is 0 Å². The summed E-state index contributed by atoms with van der Waals surface area (Å²) in [6.07, 6.45) is 3.73. The van der Waals surface area contributed by atoms with E-state index in [9.17, 15) is 4.79 Å². The Hall–Kier alpha value is -0.610. The molecule has 4 heteroatoms. The van der Waals surface area contributed by atoms with Crippen LogP contribution in [0.3, 0.4) is 0 Å². The van der Waals surface area contributed by atoms with Crippen LogP contribution in [0.25, 0.3) is 0 Å². The molecule has 0 aromatic heterocycles. The van der Waals surface area contributed by atoms with Crippen molar-refractivity contribution in [3.8, 4) is 0 Å². The molecular formula is C12H24N2O2. The van der Waals surface area contributed by atoms with Gasteiger partial charge in [0.1, 0.15) is 0 Å². The van der Waals surface area contributed by atoms with E-state index in [2.05, 4.69) is 17.6 Å². The second-order valence-corrected chi connectivity index (χ2v) is 4.56. The Labute approximate surface area is 98.1 Å². The quantitative estimate of drug-likeness (QED) is 0.607. The van der Waals surface area contributed by atoms with Crippen LogP contribution < -0.4 is 10.6 Å². The summed E-state index contributed by atoms with van der Waals surface area (Å²) in [6.45, 7) is 5.28. The van der Waals surface area contributed by atoms with Crippen LogP contribution >= 0.6 is 0 Å². The largest absolute Gasteiger partial charge is 0.383 e. The molecule has 1 amide bonds. The van der Waals surface area contributed by atoms with Gasteiger partial charge in [-0.2, -0.15) is 0 Å². The van der Waals surface area contributed by atoms with E-state index in [1.807, 2.05) is 6.92 Å². The number of methoxy groups -OCH3 is 1. The van der Waals surface area contributed by atoms with E-state index in [-0.39, 0.29) is 11.9 Å². The van der Waals surface area contributed by atoms with E-state index >= 15 is 0 Å². The first-order valence-electron chi connectivity index (χ1n) is 6.21. The van der Waals surface area contributed by atoms with Gasteiger partial charge in [0.15, 0.2) is 0 Å². The van der Waals surface area contributed by atoms with Crippen LogP contribution in [-0.4, -0.2) is 38.3 Å². The van der Waals surface area contributed by atoms with Gasteiger partial charge in [0, 0.05) is 19.7 Å². The zero-order chi connectivity index (χ0) is 12.0. The van der Waals surface area contributed by atoms with Crippen LogP contribution in [0.4, 0.5) is 0 Å². The van der Waals surface area contributed by atoms with Crippen molar-refractivity contribution in [1.29, 1.82) is 0 Å². The lowest BCUT2D eigenvalue weighted by molar-refractivity contribution is -0.123. The molecule has 1 aliphatic rings. The number of rotatable bonds is 8. The van der Waals surface area contributed by atoms with Crippen molar-refractivity contribution in [1.82, 2.24) is 10.6 Å². The third-order valence-corrected chi connectivity index (χ3v) is 3.04. The molecule has 0 saturated heterocycles. The average Bonchev–Trinajstić information content (AvgIpc) is 2.97. The predicted octanol–water partition coefficient (Wildman–Crippen LogP) is 0.916. The lowest BCUT2D eigenvalue weighted by Crippen LogP contribution is -2.44. The first kappa shape index (κ1) is 13.5. The number of carbonyl (C=O) groups is 1. The number of ether oxygens (including phenoxy) is 1. The minimum Gasteiger partial charge on any atom is -0.383 e. The molecule has 1 aliphatic carbocycles. The Morgan fingerprint density at radius 2 is 2.31 bits per heavy atom. The Kier molecular flexibility index (Phi) is 5.77. The molecule has 0 aliphatic heterocycles. The first-order valence-corrected chi connectivity index (χ1v) is 6.21. The third-order valence-electron chi connectivity index (χ3n) is 3.04. The standard InChI is InChI=1S/C12H24N2O2/c1-4-5-10-8-11(10)14-9(2)12(15)13-6-7-16-3/h9-11,14H,4-8H2,1-3H3,(H,13,15). The highest BCUT2D eigenvalue weighted by Gasteiger charge is 2.37. The summed E-state index contributed by atoms with van der Waals surface area (Å²) in [4.78, 5) is 11.6. The minimum atomic E-state index is -0.0938. The van der Waals surface area contributed by atoms with E-state index in [1.54, 1.807) is 7.11 Å². The van der Waals surface area contributed by atoms with Crippen molar-refractivity contribution in [3.05, 3.63) is 0 Å². The highest BCUT2D eigenvalue weighted by atomic mass is 16.5. The van der Waals surface area contributed by atoms with E-state index in [4.69, 9.17) is 4.74 Å². The Morgan fingerprint density at radius 3 is 2.94 bits per heavy atom. The number of carbonyl (C=O) groups excluding carboxylic acids is 1. The molecule has 0 aromatic rings. The summed E-state index contributed by atoms with van der Waals surface area (Å²) >= 11 is 0. The molecule has 2 N–H and O–H groups in total. The van der Waals surface area contributed by atoms with Crippen LogP contribution in [0, 0.1) is 5.92 Å². The number of hydrogen-bond donors (Lipinski definition) is 2. The molecule has 1 saturated carbocycles. The normalized spacial score (nSPS) is 25.2. The van der Waals surface area contributed by atoms with Gasteiger partial charge in [-0.15, -0.1) is 0 Å². The number of hydrogen-bond acceptors (Lipinski definition) is 3. The van der Waals surface area contributed by atoms with Crippen LogP contribution in [0.2, 0.25) is 0 Å². The zero-order valence-electron chi connectivity index (χ0n) is 10.6. The molecule has 16 heavy (non-hydrogen) atoms. The lowest BCUT2D eigenvalue weighted by Gasteiger charge is -2.13. The van der Waals surface area contributed by atoms with Crippen molar-refractivity contribution in [3.63, 3.8) is 0 Å². The molecule has 4 nitrogen and oxygen atoms in total. The van der Waals surface area contributed by atoms with Crippen molar-refractivity contribution in [2.75, 3.05) is 20.3 Å². The Balaban J connectivity index is 2.10. The van der Waals surface area contributed by atoms with Gasteiger partial charge in [-0.25, -0.2) is 0 Å². The summed E-state index contributed by atoms with van der Waals surface area (Å²) in [7, 11) is 1.63. The molecule has 3 unspecified atom stereocenters. The maximum absolute atomic E-state index is 11.6. The van der Waals surface area contributed by atoms with Crippen LogP contribution in [0.15, 0.2) is 0 Å². The second kappa shape index (κ2) is 6.86. The smallest absolute Gasteiger partial charge is 0.236 e.